The van der Waals surface area contributed by atoms with E-state index >= 15 is 0 Å². The van der Waals surface area contributed by atoms with Crippen molar-refractivity contribution in [1.82, 2.24) is 0 Å². The van der Waals surface area contributed by atoms with Crippen molar-refractivity contribution in [2.45, 2.75) is 136 Å². The molecule has 2 aliphatic heterocycles. The van der Waals surface area contributed by atoms with Crippen LogP contribution in [-0.2, 0) is 18.2 Å². The zero-order valence-electron chi connectivity index (χ0n) is 21.1. The molecule has 0 amide bonds. The molecule has 168 valence electrons. The van der Waals surface area contributed by atoms with Gasteiger partial charge in [-0.1, -0.05) is 54.5 Å². The van der Waals surface area contributed by atoms with Gasteiger partial charge in [-0.3, -0.25) is 0 Å². The largest absolute Gasteiger partial charge is 0.489 e. The summed E-state index contributed by atoms with van der Waals surface area (Å²) < 4.78 is 26.1. The first kappa shape index (κ1) is 25.1. The fraction of sp³-hybridized carbons (Fsp3) is 0.913. The van der Waals surface area contributed by atoms with Gasteiger partial charge in [0.25, 0.3) is 0 Å². The van der Waals surface area contributed by atoms with Crippen LogP contribution in [0.2, 0.25) is 10.1 Å². The molecule has 6 heteroatoms. The summed E-state index contributed by atoms with van der Waals surface area (Å²) in [7, 11) is -2.76. The number of allylic oxidation sites excluding steroid dienone is 1. The van der Waals surface area contributed by atoms with E-state index in [1.54, 1.807) is 0 Å². The molecule has 2 saturated heterocycles. The molecule has 0 aromatic heterocycles. The van der Waals surface area contributed by atoms with Crippen LogP contribution < -0.4 is 0 Å². The second-order valence-electron chi connectivity index (χ2n) is 12.0. The molecule has 0 spiro atoms. The Morgan fingerprint density at radius 2 is 1.38 bits per heavy atom. The third-order valence-electron chi connectivity index (χ3n) is 6.95. The molecule has 2 aliphatic rings. The first-order valence-corrected chi connectivity index (χ1v) is 13.2. The Kier molecular flexibility index (Phi) is 7.01. The lowest BCUT2D eigenvalue weighted by molar-refractivity contribution is -0.0243. The highest BCUT2D eigenvalue weighted by Gasteiger charge is 2.61. The Bertz CT molecular complexity index is 585. The van der Waals surface area contributed by atoms with Gasteiger partial charge in [-0.05, 0) is 59.4 Å². The summed E-state index contributed by atoms with van der Waals surface area (Å²) in [6.07, 6.45) is 5.55. The van der Waals surface area contributed by atoms with Crippen molar-refractivity contribution in [1.29, 1.82) is 0 Å². The summed E-state index contributed by atoms with van der Waals surface area (Å²) in [5, 5.41) is 0.00361. The molecule has 0 radical (unpaired) electrons. The highest BCUT2D eigenvalue weighted by molar-refractivity contribution is 6.73. The third-order valence-corrected chi connectivity index (χ3v) is 12.2. The van der Waals surface area contributed by atoms with Crippen LogP contribution >= 0.6 is 0 Å². The first-order valence-electron chi connectivity index (χ1n) is 11.3. The zero-order chi connectivity index (χ0) is 22.5. The van der Waals surface area contributed by atoms with E-state index in [4.69, 9.17) is 18.2 Å². The molecule has 0 saturated carbocycles. The number of hydrogen-bond donors (Lipinski definition) is 0. The molecule has 4 nitrogen and oxygen atoms in total. The highest BCUT2D eigenvalue weighted by atomic mass is 28.4. The second-order valence-corrected chi connectivity index (χ2v) is 16.7. The van der Waals surface area contributed by atoms with E-state index < -0.39 is 8.56 Å². The maximum Gasteiger partial charge on any atom is 0.489 e. The standard InChI is InChI=1S/C23H45BO4Si/c1-13-18-16-19(26-29(25-18,20(3,4)5)21(6,7)8)15-14-17(2)24-27-22(9,10)23(11,12)28-24/h14,18-19H,13,15-16H2,1-12H3/b17-14+/t18-,19+/m0/s1. The van der Waals surface area contributed by atoms with Crippen molar-refractivity contribution in [2.24, 2.45) is 0 Å². The molecule has 0 N–H and O–H groups in total. The van der Waals surface area contributed by atoms with Crippen molar-refractivity contribution >= 4 is 15.7 Å². The smallest absolute Gasteiger partial charge is 0.400 e. The Hall–Kier alpha value is -0.138. The summed E-state index contributed by atoms with van der Waals surface area (Å²) in [5.74, 6) is 0. The minimum atomic E-state index is -2.47. The van der Waals surface area contributed by atoms with E-state index in [1.807, 2.05) is 0 Å². The van der Waals surface area contributed by atoms with Gasteiger partial charge in [0, 0.05) is 16.2 Å². The predicted octanol–water partition coefficient (Wildman–Crippen LogP) is 6.58. The molecule has 0 unspecified atom stereocenters. The fourth-order valence-corrected chi connectivity index (χ4v) is 9.67. The van der Waals surface area contributed by atoms with Gasteiger partial charge in [-0.25, -0.2) is 0 Å². The van der Waals surface area contributed by atoms with Gasteiger partial charge in [0.15, 0.2) is 0 Å². The topological polar surface area (TPSA) is 36.9 Å². The van der Waals surface area contributed by atoms with Crippen molar-refractivity contribution in [3.8, 4) is 0 Å². The predicted molar refractivity (Wildman–Crippen MR) is 124 cm³/mol. The van der Waals surface area contributed by atoms with E-state index in [2.05, 4.69) is 89.2 Å². The zero-order valence-corrected chi connectivity index (χ0v) is 22.1. The Balaban J connectivity index is 2.21. The average Bonchev–Trinajstić information content (AvgIpc) is 2.78. The first-order chi connectivity index (χ1) is 13.0. The minimum absolute atomic E-state index is 0.00181. The van der Waals surface area contributed by atoms with Crippen molar-refractivity contribution in [2.75, 3.05) is 0 Å². The summed E-state index contributed by atoms with van der Waals surface area (Å²) in [5.41, 5.74) is 0.511. The summed E-state index contributed by atoms with van der Waals surface area (Å²) >= 11 is 0. The van der Waals surface area contributed by atoms with Crippen molar-refractivity contribution < 1.29 is 18.2 Å². The van der Waals surface area contributed by atoms with Crippen LogP contribution in [0, 0.1) is 0 Å². The summed E-state index contributed by atoms with van der Waals surface area (Å²) in [6.45, 7) is 26.4. The Morgan fingerprint density at radius 3 is 1.79 bits per heavy atom. The second kappa shape index (κ2) is 8.09. The molecule has 2 atom stereocenters. The molecule has 2 heterocycles. The third kappa shape index (κ3) is 4.87. The molecule has 29 heavy (non-hydrogen) atoms. The van der Waals surface area contributed by atoms with Crippen LogP contribution in [0.5, 0.6) is 0 Å². The lowest BCUT2D eigenvalue weighted by Gasteiger charge is -2.55. The van der Waals surface area contributed by atoms with Gasteiger partial charge in [0.2, 0.25) is 0 Å². The maximum atomic E-state index is 6.92. The molecule has 0 aromatic carbocycles. The van der Waals surface area contributed by atoms with Crippen LogP contribution in [0.1, 0.15) is 102 Å². The van der Waals surface area contributed by atoms with Gasteiger partial charge >= 0.3 is 15.7 Å². The van der Waals surface area contributed by atoms with Crippen LogP contribution in [-0.4, -0.2) is 39.1 Å². The van der Waals surface area contributed by atoms with Crippen LogP contribution in [0.4, 0.5) is 0 Å². The summed E-state index contributed by atoms with van der Waals surface area (Å²) in [4.78, 5) is 0. The molecular weight excluding hydrogens is 379 g/mol. The van der Waals surface area contributed by atoms with Crippen molar-refractivity contribution in [3.63, 3.8) is 0 Å². The fourth-order valence-electron chi connectivity index (χ4n) is 4.56. The van der Waals surface area contributed by atoms with Crippen LogP contribution in [0.15, 0.2) is 11.5 Å². The van der Waals surface area contributed by atoms with E-state index in [1.165, 1.54) is 0 Å². The summed E-state index contributed by atoms with van der Waals surface area (Å²) in [6, 6.07) is 0. The quantitative estimate of drug-likeness (QED) is 0.478. The number of hydrogen-bond acceptors (Lipinski definition) is 4. The minimum Gasteiger partial charge on any atom is -0.400 e. The van der Waals surface area contributed by atoms with Gasteiger partial charge < -0.3 is 18.2 Å². The highest BCUT2D eigenvalue weighted by Crippen LogP contribution is 2.55. The van der Waals surface area contributed by atoms with Gasteiger partial charge in [-0.15, -0.1) is 0 Å². The Morgan fingerprint density at radius 1 is 0.931 bits per heavy atom. The van der Waals surface area contributed by atoms with E-state index in [-0.39, 0.29) is 40.6 Å². The lowest BCUT2D eigenvalue weighted by atomic mass is 9.78. The molecule has 2 rings (SSSR count). The van der Waals surface area contributed by atoms with E-state index in [0.717, 1.165) is 24.7 Å². The van der Waals surface area contributed by atoms with Gasteiger partial charge in [0.1, 0.15) is 0 Å². The molecule has 2 fully saturated rings. The molecule has 0 aliphatic carbocycles. The van der Waals surface area contributed by atoms with Crippen LogP contribution in [0.3, 0.4) is 0 Å². The van der Waals surface area contributed by atoms with Gasteiger partial charge in [0.05, 0.1) is 17.3 Å². The molecular formula is C23H45BO4Si. The van der Waals surface area contributed by atoms with Gasteiger partial charge in [-0.2, -0.15) is 0 Å². The maximum absolute atomic E-state index is 6.92. The van der Waals surface area contributed by atoms with E-state index in [0.29, 0.717) is 0 Å². The molecule has 0 bridgehead atoms. The monoisotopic (exact) mass is 424 g/mol. The number of rotatable bonds is 4. The lowest BCUT2D eigenvalue weighted by Crippen LogP contribution is -2.63. The van der Waals surface area contributed by atoms with Crippen LogP contribution in [0.25, 0.3) is 0 Å². The van der Waals surface area contributed by atoms with E-state index in [9.17, 15) is 0 Å². The molecule has 0 aromatic rings. The Labute approximate surface area is 181 Å². The SMILES string of the molecule is CC[C@H]1C[C@@H](C/C=C(\C)B2OC(C)(C)C(C)(C)O2)O[Si](C(C)(C)C)(C(C)(C)C)O1. The normalized spacial score (nSPS) is 29.9. The average molecular weight is 425 g/mol. The van der Waals surface area contributed by atoms with Crippen molar-refractivity contribution in [3.05, 3.63) is 11.5 Å².